The molecule has 1 fully saturated rings. The molecule has 1 aromatic carbocycles. The van der Waals surface area contributed by atoms with E-state index in [0.29, 0.717) is 0 Å². The van der Waals surface area contributed by atoms with Gasteiger partial charge in [0.2, 0.25) is 0 Å². The van der Waals surface area contributed by atoms with Crippen LogP contribution in [0.4, 0.5) is 8.78 Å². The molecule has 1 saturated carbocycles. The van der Waals surface area contributed by atoms with Crippen LogP contribution in [0.25, 0.3) is 11.3 Å². The first-order chi connectivity index (χ1) is 14.8. The molecule has 2 atom stereocenters. The van der Waals surface area contributed by atoms with Crippen molar-refractivity contribution in [1.29, 1.82) is 10.5 Å². The molecular formula is C24H17F2N5. The van der Waals surface area contributed by atoms with Crippen LogP contribution in [0.5, 0.6) is 0 Å². The molecule has 7 heteroatoms. The first-order valence-electron chi connectivity index (χ1n) is 9.98. The molecule has 0 aliphatic heterocycles. The van der Waals surface area contributed by atoms with Crippen LogP contribution in [0, 0.1) is 39.7 Å². The van der Waals surface area contributed by atoms with E-state index in [1.54, 1.807) is 18.2 Å². The van der Waals surface area contributed by atoms with Crippen molar-refractivity contribution >= 4 is 0 Å². The zero-order chi connectivity index (χ0) is 22.0. The Kier molecular flexibility index (Phi) is 3.97. The molecule has 5 nitrogen and oxygen atoms in total. The Hall–Kier alpha value is -3.71. The summed E-state index contributed by atoms with van der Waals surface area (Å²) in [6.07, 6.45) is 1.64. The van der Waals surface area contributed by atoms with Gasteiger partial charge in [-0.05, 0) is 65.6 Å². The number of hydrogen-bond donors (Lipinski definition) is 0. The maximum absolute atomic E-state index is 14.4. The fourth-order valence-corrected chi connectivity index (χ4v) is 5.72. The molecule has 5 rings (SSSR count). The number of nitriles is 2. The molecule has 0 amide bonds. The highest BCUT2D eigenvalue weighted by molar-refractivity contribution is 5.64. The molecule has 0 N–H and O–H groups in total. The lowest BCUT2D eigenvalue weighted by Crippen LogP contribution is -2.37. The Morgan fingerprint density at radius 1 is 1.00 bits per heavy atom. The number of aromatic nitrogens is 3. The van der Waals surface area contributed by atoms with Gasteiger partial charge in [0.1, 0.15) is 35.2 Å². The van der Waals surface area contributed by atoms with E-state index in [4.69, 9.17) is 0 Å². The highest BCUT2D eigenvalue weighted by Crippen LogP contribution is 2.69. The highest BCUT2D eigenvalue weighted by atomic mass is 19.1. The van der Waals surface area contributed by atoms with Crippen LogP contribution in [0.1, 0.15) is 60.8 Å². The number of benzene rings is 1. The Bertz CT molecular complexity index is 1280. The number of hydrogen-bond acceptors (Lipinski definition) is 5. The quantitative estimate of drug-likeness (QED) is 0.604. The fraction of sp³-hybridized carbons (Fsp3) is 0.292. The van der Waals surface area contributed by atoms with Crippen molar-refractivity contribution in [2.45, 2.75) is 38.0 Å². The van der Waals surface area contributed by atoms with Gasteiger partial charge in [-0.15, -0.1) is 5.10 Å². The third-order valence-electron chi connectivity index (χ3n) is 7.15. The van der Waals surface area contributed by atoms with Crippen molar-refractivity contribution in [3.8, 4) is 23.4 Å². The summed E-state index contributed by atoms with van der Waals surface area (Å²) in [6.45, 7) is 4.27. The Labute approximate surface area is 178 Å². The van der Waals surface area contributed by atoms with Crippen LogP contribution in [0.15, 0.2) is 36.4 Å². The molecule has 0 unspecified atom stereocenters. The largest absolute Gasteiger partial charge is 0.226 e. The maximum Gasteiger partial charge on any atom is 0.142 e. The van der Waals surface area contributed by atoms with Crippen LogP contribution in [-0.4, -0.2) is 15.2 Å². The van der Waals surface area contributed by atoms with Crippen molar-refractivity contribution in [3.63, 3.8) is 0 Å². The predicted molar refractivity (Wildman–Crippen MR) is 108 cm³/mol. The zero-order valence-corrected chi connectivity index (χ0v) is 16.9. The summed E-state index contributed by atoms with van der Waals surface area (Å²) in [4.78, 5) is 4.06. The third kappa shape index (κ3) is 2.41. The average molecular weight is 413 g/mol. The summed E-state index contributed by atoms with van der Waals surface area (Å²) in [6, 6.07) is 13.0. The van der Waals surface area contributed by atoms with Crippen molar-refractivity contribution in [2.24, 2.45) is 5.41 Å². The predicted octanol–water partition coefficient (Wildman–Crippen LogP) is 4.76. The molecule has 2 heterocycles. The van der Waals surface area contributed by atoms with Crippen LogP contribution in [0.2, 0.25) is 0 Å². The van der Waals surface area contributed by atoms with Gasteiger partial charge in [0.15, 0.2) is 0 Å². The zero-order valence-electron chi connectivity index (χ0n) is 16.9. The van der Waals surface area contributed by atoms with Gasteiger partial charge < -0.3 is 0 Å². The molecule has 3 aromatic rings. The van der Waals surface area contributed by atoms with E-state index in [9.17, 15) is 19.3 Å². The Morgan fingerprint density at radius 3 is 2.26 bits per heavy atom. The van der Waals surface area contributed by atoms with E-state index in [-0.39, 0.29) is 34.0 Å². The third-order valence-corrected chi connectivity index (χ3v) is 7.15. The number of nitrogens with zero attached hydrogens (tertiary/aromatic N) is 5. The van der Waals surface area contributed by atoms with Gasteiger partial charge in [-0.2, -0.15) is 15.6 Å². The maximum atomic E-state index is 14.4. The molecule has 0 saturated heterocycles. The molecule has 31 heavy (non-hydrogen) atoms. The molecule has 152 valence electrons. The Balaban J connectivity index is 1.75. The van der Waals surface area contributed by atoms with E-state index in [2.05, 4.69) is 29.0 Å². The molecular weight excluding hydrogens is 396 g/mol. The molecule has 0 spiro atoms. The van der Waals surface area contributed by atoms with Crippen LogP contribution in [0.3, 0.4) is 0 Å². The number of rotatable bonds is 2. The van der Waals surface area contributed by atoms with Gasteiger partial charge in [0, 0.05) is 5.41 Å². The fourth-order valence-electron chi connectivity index (χ4n) is 5.72. The minimum atomic E-state index is -0.683. The average Bonchev–Trinajstić information content (AvgIpc) is 3.14. The van der Waals surface area contributed by atoms with E-state index in [1.165, 1.54) is 18.2 Å². The summed E-state index contributed by atoms with van der Waals surface area (Å²) in [5, 5.41) is 27.5. The summed E-state index contributed by atoms with van der Waals surface area (Å²) >= 11 is 0. The second-order valence-electron chi connectivity index (χ2n) is 8.70. The molecule has 2 aromatic heterocycles. The van der Waals surface area contributed by atoms with Gasteiger partial charge in [-0.1, -0.05) is 19.9 Å². The van der Waals surface area contributed by atoms with Gasteiger partial charge in [0.05, 0.1) is 17.0 Å². The van der Waals surface area contributed by atoms with Crippen molar-refractivity contribution in [2.75, 3.05) is 0 Å². The van der Waals surface area contributed by atoms with Crippen molar-refractivity contribution in [3.05, 3.63) is 76.2 Å². The lowest BCUT2D eigenvalue weighted by molar-refractivity contribution is 0.248. The van der Waals surface area contributed by atoms with Gasteiger partial charge >= 0.3 is 0 Å². The van der Waals surface area contributed by atoms with Crippen molar-refractivity contribution < 1.29 is 8.78 Å². The van der Waals surface area contributed by atoms with E-state index < -0.39 is 17.0 Å². The molecule has 2 aliphatic rings. The second kappa shape index (κ2) is 6.39. The normalized spacial score (nSPS) is 22.6. The van der Waals surface area contributed by atoms with E-state index in [1.807, 2.05) is 12.1 Å². The number of halogens is 2. The molecule has 2 bridgehead atoms. The first-order valence-corrected chi connectivity index (χ1v) is 9.98. The first kappa shape index (κ1) is 19.3. The highest BCUT2D eigenvalue weighted by Gasteiger charge is 2.64. The standard InChI is InChI=1S/C24H17F2N5/c1-23(2)17-6-7-24(23,13-8-14(11-27)29-15(9-13)12-28)22-16(17)10-20(30-31-22)21-18(25)4-3-5-19(21)26/h3-5,8-10,17H,6-7H2,1-2H3/t17-,24-/m0/s1. The van der Waals surface area contributed by atoms with Crippen LogP contribution in [-0.2, 0) is 5.41 Å². The van der Waals surface area contributed by atoms with Crippen LogP contribution < -0.4 is 0 Å². The number of pyridine rings is 1. The van der Waals surface area contributed by atoms with Gasteiger partial charge in [-0.3, -0.25) is 0 Å². The van der Waals surface area contributed by atoms with Crippen molar-refractivity contribution in [1.82, 2.24) is 15.2 Å². The smallest absolute Gasteiger partial charge is 0.142 e. The van der Waals surface area contributed by atoms with E-state index in [0.717, 1.165) is 29.7 Å². The molecule has 0 radical (unpaired) electrons. The Morgan fingerprint density at radius 2 is 1.65 bits per heavy atom. The summed E-state index contributed by atoms with van der Waals surface area (Å²) in [7, 11) is 0. The second-order valence-corrected chi connectivity index (χ2v) is 8.70. The minimum absolute atomic E-state index is 0.107. The lowest BCUT2D eigenvalue weighted by atomic mass is 9.64. The molecule has 2 aliphatic carbocycles. The van der Waals surface area contributed by atoms with Gasteiger partial charge in [-0.25, -0.2) is 13.8 Å². The minimum Gasteiger partial charge on any atom is -0.226 e. The summed E-state index contributed by atoms with van der Waals surface area (Å²) < 4.78 is 28.7. The van der Waals surface area contributed by atoms with Crippen LogP contribution >= 0.6 is 0 Å². The topological polar surface area (TPSA) is 86.2 Å². The number of fused-ring (bicyclic) bond motifs is 5. The van der Waals surface area contributed by atoms with E-state index >= 15 is 0 Å². The monoisotopic (exact) mass is 413 g/mol. The summed E-state index contributed by atoms with van der Waals surface area (Å²) in [5.74, 6) is -1.26. The SMILES string of the molecule is CC1(C)[C@H]2CC[C@]1(c1cc(C#N)nc(C#N)c1)c1nnc(-c3c(F)cccc3F)cc12. The summed E-state index contributed by atoms with van der Waals surface area (Å²) in [5.41, 5.74) is 1.94. The van der Waals surface area contributed by atoms with Gasteiger partial charge in [0.25, 0.3) is 0 Å². The lowest BCUT2D eigenvalue weighted by Gasteiger charge is -2.38.